The van der Waals surface area contributed by atoms with E-state index in [1.165, 1.54) is 23.3 Å². The van der Waals surface area contributed by atoms with Gasteiger partial charge in [0.15, 0.2) is 4.77 Å². The smallest absolute Gasteiger partial charge is 0.198 e. The van der Waals surface area contributed by atoms with E-state index >= 15 is 0 Å². The molecule has 1 atom stereocenters. The van der Waals surface area contributed by atoms with E-state index in [1.54, 1.807) is 18.4 Å². The Morgan fingerprint density at radius 1 is 1.26 bits per heavy atom. The molecule has 1 aliphatic rings. The van der Waals surface area contributed by atoms with E-state index in [1.807, 2.05) is 23.1 Å². The van der Waals surface area contributed by atoms with Gasteiger partial charge in [-0.05, 0) is 60.6 Å². The van der Waals surface area contributed by atoms with E-state index in [9.17, 15) is 0 Å². The van der Waals surface area contributed by atoms with Crippen LogP contribution in [-0.2, 0) is 19.6 Å². The van der Waals surface area contributed by atoms with Gasteiger partial charge in [-0.25, -0.2) is 4.68 Å². The van der Waals surface area contributed by atoms with Crippen LogP contribution in [-0.4, -0.2) is 32.9 Å². The van der Waals surface area contributed by atoms with Crippen LogP contribution in [0, 0.1) is 4.77 Å². The van der Waals surface area contributed by atoms with Crippen molar-refractivity contribution in [2.45, 2.75) is 38.5 Å². The van der Waals surface area contributed by atoms with Gasteiger partial charge in [0.2, 0.25) is 0 Å². The first-order valence-electron chi connectivity index (χ1n) is 9.27. The van der Waals surface area contributed by atoms with E-state index in [2.05, 4.69) is 44.2 Å². The normalized spacial score (nSPS) is 17.4. The number of rotatable bonds is 7. The van der Waals surface area contributed by atoms with Crippen molar-refractivity contribution in [1.82, 2.24) is 19.2 Å². The molecule has 0 radical (unpaired) electrons. The summed E-state index contributed by atoms with van der Waals surface area (Å²) in [5, 5.41) is 6.67. The lowest BCUT2D eigenvalue weighted by atomic mass is 10.0. The third-order valence-corrected chi connectivity index (χ3v) is 6.54. The lowest BCUT2D eigenvalue weighted by Crippen LogP contribution is -2.27. The van der Waals surface area contributed by atoms with Gasteiger partial charge < -0.3 is 9.30 Å². The minimum Gasteiger partial charge on any atom is -0.497 e. The standard InChI is InChI=1S/C20H24N4OS2/c1-25-17-8-6-16(7-9-17)19-5-2-11-23(19)15-24-20(26)22(14-21-24)12-10-18-4-3-13-27-18/h3-4,6-9,13-14,19H,2,5,10-12,15H2,1H3. The van der Waals surface area contributed by atoms with Gasteiger partial charge in [0.25, 0.3) is 0 Å². The van der Waals surface area contributed by atoms with Crippen LogP contribution in [0.4, 0.5) is 0 Å². The molecule has 142 valence electrons. The third-order valence-electron chi connectivity index (χ3n) is 5.16. The highest BCUT2D eigenvalue weighted by molar-refractivity contribution is 7.71. The number of aromatic nitrogens is 3. The van der Waals surface area contributed by atoms with E-state index in [4.69, 9.17) is 17.0 Å². The highest BCUT2D eigenvalue weighted by atomic mass is 32.1. The molecule has 1 saturated heterocycles. The van der Waals surface area contributed by atoms with E-state index in [0.29, 0.717) is 6.04 Å². The molecule has 0 amide bonds. The second-order valence-electron chi connectivity index (χ2n) is 6.82. The highest BCUT2D eigenvalue weighted by Gasteiger charge is 2.26. The largest absolute Gasteiger partial charge is 0.497 e. The summed E-state index contributed by atoms with van der Waals surface area (Å²) in [5.74, 6) is 0.898. The van der Waals surface area contributed by atoms with Gasteiger partial charge in [-0.2, -0.15) is 5.10 Å². The molecule has 7 heteroatoms. The number of likely N-dealkylation sites (tertiary alicyclic amines) is 1. The van der Waals surface area contributed by atoms with Crippen LogP contribution in [0.1, 0.15) is 29.3 Å². The second-order valence-corrected chi connectivity index (χ2v) is 8.22. The number of benzene rings is 1. The summed E-state index contributed by atoms with van der Waals surface area (Å²) < 4.78 is 10.1. The van der Waals surface area contributed by atoms with Crippen molar-refractivity contribution in [3.8, 4) is 5.75 Å². The van der Waals surface area contributed by atoms with Crippen molar-refractivity contribution >= 4 is 23.6 Å². The van der Waals surface area contributed by atoms with Gasteiger partial charge in [0, 0.05) is 24.0 Å². The quantitative estimate of drug-likeness (QED) is 0.546. The second kappa shape index (κ2) is 8.37. The molecule has 5 nitrogen and oxygen atoms in total. The first-order chi connectivity index (χ1) is 13.2. The van der Waals surface area contributed by atoms with Crippen LogP contribution in [0.5, 0.6) is 5.75 Å². The first-order valence-corrected chi connectivity index (χ1v) is 10.6. The predicted octanol–water partition coefficient (Wildman–Crippen LogP) is 4.52. The van der Waals surface area contributed by atoms with Gasteiger partial charge >= 0.3 is 0 Å². The Kier molecular flexibility index (Phi) is 5.71. The Morgan fingerprint density at radius 3 is 2.85 bits per heavy atom. The van der Waals surface area contributed by atoms with Gasteiger partial charge in [0.1, 0.15) is 12.1 Å². The van der Waals surface area contributed by atoms with Crippen molar-refractivity contribution in [1.29, 1.82) is 0 Å². The minimum absolute atomic E-state index is 0.411. The van der Waals surface area contributed by atoms with Crippen molar-refractivity contribution < 1.29 is 4.74 Å². The van der Waals surface area contributed by atoms with Crippen molar-refractivity contribution in [2.75, 3.05) is 13.7 Å². The van der Waals surface area contributed by atoms with Crippen molar-refractivity contribution in [2.24, 2.45) is 0 Å². The fourth-order valence-electron chi connectivity index (χ4n) is 3.68. The molecule has 0 N–H and O–H groups in total. The first kappa shape index (κ1) is 18.4. The van der Waals surface area contributed by atoms with Crippen LogP contribution in [0.25, 0.3) is 0 Å². The summed E-state index contributed by atoms with van der Waals surface area (Å²) in [6, 6.07) is 13.1. The fraction of sp³-hybridized carbons (Fsp3) is 0.400. The highest BCUT2D eigenvalue weighted by Crippen LogP contribution is 2.33. The van der Waals surface area contributed by atoms with Crippen molar-refractivity contribution in [3.63, 3.8) is 0 Å². The molecule has 1 fully saturated rings. The van der Waals surface area contributed by atoms with E-state index in [0.717, 1.165) is 36.7 Å². The Balaban J connectivity index is 1.44. The van der Waals surface area contributed by atoms with Crippen LogP contribution in [0.3, 0.4) is 0 Å². The molecular formula is C20H24N4OS2. The maximum Gasteiger partial charge on any atom is 0.198 e. The summed E-state index contributed by atoms with van der Waals surface area (Å²) in [4.78, 5) is 3.84. The maximum absolute atomic E-state index is 5.67. The molecule has 27 heavy (non-hydrogen) atoms. The molecule has 1 aliphatic heterocycles. The van der Waals surface area contributed by atoms with Crippen LogP contribution < -0.4 is 4.74 Å². The Hall–Kier alpha value is -1.96. The molecule has 2 aromatic heterocycles. The molecule has 0 saturated carbocycles. The number of hydrogen-bond acceptors (Lipinski definition) is 5. The molecule has 3 heterocycles. The topological polar surface area (TPSA) is 35.2 Å². The fourth-order valence-corrected chi connectivity index (χ4v) is 4.62. The third kappa shape index (κ3) is 4.15. The van der Waals surface area contributed by atoms with Crippen LogP contribution in [0.2, 0.25) is 0 Å². The Morgan fingerprint density at radius 2 is 2.11 bits per heavy atom. The molecule has 1 aromatic carbocycles. The lowest BCUT2D eigenvalue weighted by molar-refractivity contribution is 0.189. The van der Waals surface area contributed by atoms with Crippen LogP contribution in [0.15, 0.2) is 48.1 Å². The van der Waals surface area contributed by atoms with Crippen LogP contribution >= 0.6 is 23.6 Å². The molecule has 1 unspecified atom stereocenters. The SMILES string of the molecule is COc1ccc(C2CCCN2Cn2ncn(CCc3cccs3)c2=S)cc1. The van der Waals surface area contributed by atoms with Gasteiger partial charge in [-0.3, -0.25) is 4.90 Å². The number of nitrogens with zero attached hydrogens (tertiary/aromatic N) is 4. The molecule has 0 bridgehead atoms. The summed E-state index contributed by atoms with van der Waals surface area (Å²) in [7, 11) is 1.70. The van der Waals surface area contributed by atoms with E-state index in [-0.39, 0.29) is 0 Å². The van der Waals surface area contributed by atoms with Gasteiger partial charge in [-0.1, -0.05) is 18.2 Å². The predicted molar refractivity (Wildman–Crippen MR) is 111 cm³/mol. The molecule has 3 aromatic rings. The Bertz CT molecular complexity index is 914. The zero-order chi connectivity index (χ0) is 18.6. The lowest BCUT2D eigenvalue weighted by Gasteiger charge is -2.24. The summed E-state index contributed by atoms with van der Waals surface area (Å²) in [6.07, 6.45) is 5.23. The summed E-state index contributed by atoms with van der Waals surface area (Å²) >= 11 is 7.46. The monoisotopic (exact) mass is 400 g/mol. The van der Waals surface area contributed by atoms with Gasteiger partial charge in [-0.15, -0.1) is 11.3 Å². The van der Waals surface area contributed by atoms with Crippen molar-refractivity contribution in [3.05, 3.63) is 63.3 Å². The molecular weight excluding hydrogens is 376 g/mol. The summed E-state index contributed by atoms with van der Waals surface area (Å²) in [5.41, 5.74) is 1.33. The number of ether oxygens (including phenoxy) is 1. The summed E-state index contributed by atoms with van der Waals surface area (Å²) in [6.45, 7) is 2.68. The van der Waals surface area contributed by atoms with E-state index < -0.39 is 0 Å². The minimum atomic E-state index is 0.411. The average molecular weight is 401 g/mol. The number of hydrogen-bond donors (Lipinski definition) is 0. The number of methoxy groups -OCH3 is 1. The van der Waals surface area contributed by atoms with Gasteiger partial charge in [0.05, 0.1) is 13.8 Å². The zero-order valence-corrected chi connectivity index (χ0v) is 17.1. The zero-order valence-electron chi connectivity index (χ0n) is 15.5. The Labute approximate surface area is 168 Å². The number of aryl methyl sites for hydroxylation is 2. The average Bonchev–Trinajstić information content (AvgIpc) is 3.44. The number of thiophene rings is 1. The molecule has 4 rings (SSSR count). The molecule has 0 spiro atoms. The molecule has 0 aliphatic carbocycles. The maximum atomic E-state index is 5.67.